The van der Waals surface area contributed by atoms with Crippen LogP contribution < -0.4 is 15.4 Å². The third-order valence-corrected chi connectivity index (χ3v) is 5.58. The Bertz CT molecular complexity index is 1060. The van der Waals surface area contributed by atoms with Gasteiger partial charge in [-0.2, -0.15) is 5.10 Å². The summed E-state index contributed by atoms with van der Waals surface area (Å²) in [5.74, 6) is 0.601. The van der Waals surface area contributed by atoms with Gasteiger partial charge in [0.1, 0.15) is 12.4 Å². The van der Waals surface area contributed by atoms with Gasteiger partial charge in [0.05, 0.1) is 17.4 Å². The van der Waals surface area contributed by atoms with E-state index in [-0.39, 0.29) is 11.9 Å². The van der Waals surface area contributed by atoms with E-state index in [9.17, 15) is 4.79 Å². The number of nitrogens with zero attached hydrogens (tertiary/aromatic N) is 2. The monoisotopic (exact) mass is 419 g/mol. The lowest BCUT2D eigenvalue weighted by molar-refractivity contribution is -0.118. The smallest absolute Gasteiger partial charge is 0.241 e. The van der Waals surface area contributed by atoms with Crippen molar-refractivity contribution in [3.63, 3.8) is 0 Å². The highest BCUT2D eigenvalue weighted by atomic mass is 16.5. The Balaban J connectivity index is 1.53. The minimum Gasteiger partial charge on any atom is -0.490 e. The number of carbonyl (C=O) groups excluding carboxylic acids is 1. The number of hydrogen-bond donors (Lipinski definition) is 3. The summed E-state index contributed by atoms with van der Waals surface area (Å²) in [5.41, 5.74) is 6.07. The number of nitrogens with one attached hydrogen (secondary N) is 3. The Morgan fingerprint density at radius 2 is 2.03 bits per heavy atom. The number of likely N-dealkylation sites (N-methyl/N-ethyl adjacent to an activating group) is 1. The maximum Gasteiger partial charge on any atom is 0.241 e. The van der Waals surface area contributed by atoms with Crippen molar-refractivity contribution in [2.75, 3.05) is 32.6 Å². The molecule has 1 amide bonds. The molecule has 1 aliphatic rings. The van der Waals surface area contributed by atoms with Crippen molar-refractivity contribution in [1.82, 2.24) is 20.4 Å². The number of benzene rings is 2. The molecule has 0 bridgehead atoms. The van der Waals surface area contributed by atoms with Gasteiger partial charge >= 0.3 is 0 Å². The van der Waals surface area contributed by atoms with E-state index in [0.717, 1.165) is 23.4 Å². The van der Waals surface area contributed by atoms with Crippen molar-refractivity contribution in [2.45, 2.75) is 25.9 Å². The van der Waals surface area contributed by atoms with E-state index in [1.54, 1.807) is 0 Å². The predicted molar refractivity (Wildman–Crippen MR) is 122 cm³/mol. The molecule has 1 aliphatic heterocycles. The zero-order chi connectivity index (χ0) is 21.8. The average Bonchev–Trinajstić information content (AvgIpc) is 3.20. The lowest BCUT2D eigenvalue weighted by Gasteiger charge is -2.25. The lowest BCUT2D eigenvalue weighted by Crippen LogP contribution is -2.44. The molecule has 0 spiro atoms. The third kappa shape index (κ3) is 4.95. The molecule has 0 saturated heterocycles. The Morgan fingerprint density at radius 3 is 2.77 bits per heavy atom. The Hall–Kier alpha value is -3.16. The van der Waals surface area contributed by atoms with Gasteiger partial charge in [-0.05, 0) is 56.3 Å². The molecule has 2 aromatic carbocycles. The second-order valence-corrected chi connectivity index (χ2v) is 8.14. The van der Waals surface area contributed by atoms with Gasteiger partial charge in [-0.15, -0.1) is 0 Å². The van der Waals surface area contributed by atoms with Crippen LogP contribution in [0, 0.1) is 6.92 Å². The number of carbonyl (C=O) groups is 1. The maximum absolute atomic E-state index is 13.0. The predicted octanol–water partition coefficient (Wildman–Crippen LogP) is 2.98. The SMILES string of the molecule is Cc1n[nH]cc1-c1ccc(NC(=O)[C@H]2Cc3ccccc3CN2)c(OCCN(C)C)c1. The van der Waals surface area contributed by atoms with E-state index in [2.05, 4.69) is 37.9 Å². The number of aromatic nitrogens is 2. The molecule has 2 heterocycles. The van der Waals surface area contributed by atoms with Crippen molar-refractivity contribution in [3.8, 4) is 16.9 Å². The number of aromatic amines is 1. The fourth-order valence-corrected chi connectivity index (χ4v) is 3.76. The van der Waals surface area contributed by atoms with Crippen LogP contribution >= 0.6 is 0 Å². The topological polar surface area (TPSA) is 82.3 Å². The fourth-order valence-electron chi connectivity index (χ4n) is 3.76. The number of aryl methyl sites for hydroxylation is 1. The van der Waals surface area contributed by atoms with Crippen LogP contribution in [0.25, 0.3) is 11.1 Å². The lowest BCUT2D eigenvalue weighted by atomic mass is 9.95. The molecule has 7 nitrogen and oxygen atoms in total. The van der Waals surface area contributed by atoms with E-state index in [0.29, 0.717) is 31.0 Å². The summed E-state index contributed by atoms with van der Waals surface area (Å²) in [6.07, 6.45) is 2.54. The second kappa shape index (κ2) is 9.32. The number of amides is 1. The van der Waals surface area contributed by atoms with Gasteiger partial charge < -0.3 is 20.3 Å². The maximum atomic E-state index is 13.0. The first kappa shape index (κ1) is 21.1. The summed E-state index contributed by atoms with van der Waals surface area (Å²) in [5, 5.41) is 13.5. The summed E-state index contributed by atoms with van der Waals surface area (Å²) in [6, 6.07) is 13.8. The summed E-state index contributed by atoms with van der Waals surface area (Å²) in [4.78, 5) is 15.1. The molecule has 0 radical (unpaired) electrons. The van der Waals surface area contributed by atoms with Crippen LogP contribution in [0.15, 0.2) is 48.7 Å². The molecule has 3 N–H and O–H groups in total. The van der Waals surface area contributed by atoms with Gasteiger partial charge in [0.2, 0.25) is 5.91 Å². The second-order valence-electron chi connectivity index (χ2n) is 8.14. The van der Waals surface area contributed by atoms with Crippen LogP contribution in [0.4, 0.5) is 5.69 Å². The van der Waals surface area contributed by atoms with Crippen LogP contribution in [-0.4, -0.2) is 54.3 Å². The molecule has 31 heavy (non-hydrogen) atoms. The number of fused-ring (bicyclic) bond motifs is 1. The van der Waals surface area contributed by atoms with Crippen LogP contribution in [0.2, 0.25) is 0 Å². The zero-order valence-corrected chi connectivity index (χ0v) is 18.2. The van der Waals surface area contributed by atoms with E-state index in [1.807, 2.05) is 57.5 Å². The van der Waals surface area contributed by atoms with Crippen molar-refractivity contribution < 1.29 is 9.53 Å². The highest BCUT2D eigenvalue weighted by Crippen LogP contribution is 2.32. The molecule has 7 heteroatoms. The minimum absolute atomic E-state index is 0.0563. The largest absolute Gasteiger partial charge is 0.490 e. The van der Waals surface area contributed by atoms with Gasteiger partial charge in [-0.1, -0.05) is 30.3 Å². The Labute approximate surface area is 182 Å². The molecule has 1 atom stereocenters. The van der Waals surface area contributed by atoms with Gasteiger partial charge in [-0.3, -0.25) is 9.89 Å². The summed E-state index contributed by atoms with van der Waals surface area (Å²) in [7, 11) is 4.01. The van der Waals surface area contributed by atoms with Crippen LogP contribution in [0.1, 0.15) is 16.8 Å². The zero-order valence-electron chi connectivity index (χ0n) is 18.2. The van der Waals surface area contributed by atoms with Crippen LogP contribution in [0.3, 0.4) is 0 Å². The Kier molecular flexibility index (Phi) is 6.34. The van der Waals surface area contributed by atoms with Crippen LogP contribution in [-0.2, 0) is 17.8 Å². The van der Waals surface area contributed by atoms with Gasteiger partial charge in [0, 0.05) is 24.8 Å². The van der Waals surface area contributed by atoms with Gasteiger partial charge in [-0.25, -0.2) is 0 Å². The average molecular weight is 420 g/mol. The first-order chi connectivity index (χ1) is 15.0. The number of anilines is 1. The first-order valence-corrected chi connectivity index (χ1v) is 10.5. The molecule has 1 aromatic heterocycles. The number of ether oxygens (including phenoxy) is 1. The molecule has 0 saturated carbocycles. The first-order valence-electron chi connectivity index (χ1n) is 10.5. The quantitative estimate of drug-likeness (QED) is 0.549. The van der Waals surface area contributed by atoms with Crippen molar-refractivity contribution in [3.05, 3.63) is 65.5 Å². The molecule has 0 aliphatic carbocycles. The summed E-state index contributed by atoms with van der Waals surface area (Å²) < 4.78 is 6.06. The van der Waals surface area contributed by atoms with Crippen molar-refractivity contribution in [1.29, 1.82) is 0 Å². The van der Waals surface area contributed by atoms with Gasteiger partial charge in [0.15, 0.2) is 0 Å². The summed E-state index contributed by atoms with van der Waals surface area (Å²) in [6.45, 7) is 3.96. The standard InChI is InChI=1S/C24H29N5O2/c1-16-20(15-26-28-16)18-8-9-21(23(13-18)31-11-10-29(2)3)27-24(30)22-12-17-6-4-5-7-19(17)14-25-22/h4-9,13,15,22,25H,10-12,14H2,1-3H3,(H,26,28)(H,27,30)/t22-/m1/s1. The molecule has 0 fully saturated rings. The highest BCUT2D eigenvalue weighted by molar-refractivity contribution is 5.97. The fraction of sp³-hybridized carbons (Fsp3) is 0.333. The van der Waals surface area contributed by atoms with E-state index >= 15 is 0 Å². The number of H-pyrrole nitrogens is 1. The minimum atomic E-state index is -0.277. The van der Waals surface area contributed by atoms with Crippen molar-refractivity contribution in [2.24, 2.45) is 0 Å². The molecule has 0 unspecified atom stereocenters. The third-order valence-electron chi connectivity index (χ3n) is 5.58. The number of hydrogen-bond acceptors (Lipinski definition) is 5. The molecular formula is C24H29N5O2. The summed E-state index contributed by atoms with van der Waals surface area (Å²) >= 11 is 0. The van der Waals surface area contributed by atoms with E-state index in [1.165, 1.54) is 11.1 Å². The highest BCUT2D eigenvalue weighted by Gasteiger charge is 2.25. The Morgan fingerprint density at radius 1 is 1.23 bits per heavy atom. The normalized spacial score (nSPS) is 15.5. The molecule has 162 valence electrons. The van der Waals surface area contributed by atoms with Crippen molar-refractivity contribution >= 4 is 11.6 Å². The molecular weight excluding hydrogens is 390 g/mol. The van der Waals surface area contributed by atoms with E-state index in [4.69, 9.17) is 4.74 Å². The van der Waals surface area contributed by atoms with E-state index < -0.39 is 0 Å². The molecule has 4 rings (SSSR count). The number of rotatable bonds is 7. The molecule has 3 aromatic rings. The van der Waals surface area contributed by atoms with Crippen LogP contribution in [0.5, 0.6) is 5.75 Å². The van der Waals surface area contributed by atoms with Gasteiger partial charge in [0.25, 0.3) is 0 Å².